The van der Waals surface area contributed by atoms with Gasteiger partial charge >= 0.3 is 5.97 Å². The summed E-state index contributed by atoms with van der Waals surface area (Å²) in [5.41, 5.74) is 10.3. The zero-order valence-corrected chi connectivity index (χ0v) is 6.69. The van der Waals surface area contributed by atoms with Crippen molar-refractivity contribution in [1.82, 2.24) is 0 Å². The van der Waals surface area contributed by atoms with Gasteiger partial charge in [0.25, 0.3) is 0 Å². The van der Waals surface area contributed by atoms with Gasteiger partial charge in [-0.2, -0.15) is 0 Å². The molecule has 0 saturated heterocycles. The van der Waals surface area contributed by atoms with E-state index in [2.05, 4.69) is 4.74 Å². The molecule has 0 bridgehead atoms. The van der Waals surface area contributed by atoms with Crippen LogP contribution in [0.5, 0.6) is 0 Å². The Morgan fingerprint density at radius 1 is 1.70 bits per heavy atom. The van der Waals surface area contributed by atoms with E-state index in [-0.39, 0.29) is 19.0 Å². The quantitative estimate of drug-likeness (QED) is 0.544. The highest BCUT2D eigenvalue weighted by Gasteiger charge is 2.10. The summed E-state index contributed by atoms with van der Waals surface area (Å²) in [6.45, 7) is 2.21. The van der Waals surface area contributed by atoms with Crippen molar-refractivity contribution in [3.8, 4) is 0 Å². The number of carbonyl (C=O) groups excluding carboxylic acids is 1. The molecule has 0 radical (unpaired) electrons. The molecule has 1 atom stereocenters. The number of nitrogens with two attached hydrogens (primary N) is 2. The van der Waals surface area contributed by atoms with E-state index in [1.807, 2.05) is 0 Å². The number of ether oxygens (including phenoxy) is 1. The van der Waals surface area contributed by atoms with Crippen LogP contribution >= 0.6 is 12.4 Å². The van der Waals surface area contributed by atoms with E-state index >= 15 is 0 Å². The molecule has 0 fully saturated rings. The predicted octanol–water partition coefficient (Wildman–Crippen LogP) is -0.743. The molecule has 5 heteroatoms. The van der Waals surface area contributed by atoms with E-state index in [4.69, 9.17) is 11.5 Å². The van der Waals surface area contributed by atoms with Crippen molar-refractivity contribution < 1.29 is 9.53 Å². The summed E-state index contributed by atoms with van der Waals surface area (Å²) in [4.78, 5) is 10.5. The van der Waals surface area contributed by atoms with Crippen molar-refractivity contribution in [3.05, 3.63) is 0 Å². The molecule has 0 saturated carbocycles. The SMILES string of the molecule is CCOC(=O)C(N)CN.Cl. The maximum atomic E-state index is 10.5. The largest absolute Gasteiger partial charge is 0.465 e. The van der Waals surface area contributed by atoms with Gasteiger partial charge in [-0.1, -0.05) is 0 Å². The third kappa shape index (κ3) is 4.55. The molecule has 0 aromatic rings. The molecule has 1 unspecified atom stereocenters. The van der Waals surface area contributed by atoms with Crippen LogP contribution < -0.4 is 11.5 Å². The fourth-order valence-electron chi connectivity index (χ4n) is 0.346. The number of rotatable bonds is 3. The lowest BCUT2D eigenvalue weighted by atomic mass is 10.3. The normalized spacial score (nSPS) is 11.5. The maximum Gasteiger partial charge on any atom is 0.324 e. The fraction of sp³-hybridized carbons (Fsp3) is 0.800. The molecular weight excluding hydrogens is 156 g/mol. The second-order valence-corrected chi connectivity index (χ2v) is 1.59. The van der Waals surface area contributed by atoms with E-state index in [0.29, 0.717) is 6.61 Å². The van der Waals surface area contributed by atoms with Gasteiger partial charge in [-0.15, -0.1) is 12.4 Å². The highest BCUT2D eigenvalue weighted by Crippen LogP contribution is 1.80. The number of halogens is 1. The molecule has 0 aliphatic carbocycles. The fourth-order valence-corrected chi connectivity index (χ4v) is 0.346. The lowest BCUT2D eigenvalue weighted by Gasteiger charge is -2.05. The molecule has 0 heterocycles. The molecule has 0 aliphatic rings. The second kappa shape index (κ2) is 6.80. The monoisotopic (exact) mass is 168 g/mol. The molecule has 62 valence electrons. The van der Waals surface area contributed by atoms with Crippen LogP contribution in [0.25, 0.3) is 0 Å². The van der Waals surface area contributed by atoms with Gasteiger partial charge in [0.05, 0.1) is 6.61 Å². The van der Waals surface area contributed by atoms with Crippen molar-refractivity contribution in [2.75, 3.05) is 13.2 Å². The van der Waals surface area contributed by atoms with Gasteiger partial charge in [0.2, 0.25) is 0 Å². The Bertz CT molecular complexity index is 99.6. The Labute approximate surface area is 66.3 Å². The summed E-state index contributed by atoms with van der Waals surface area (Å²) in [7, 11) is 0. The summed E-state index contributed by atoms with van der Waals surface area (Å²) in [5.74, 6) is -0.431. The van der Waals surface area contributed by atoms with E-state index in [9.17, 15) is 4.79 Å². The minimum absolute atomic E-state index is 0. The van der Waals surface area contributed by atoms with Gasteiger partial charge < -0.3 is 16.2 Å². The molecule has 0 aromatic heterocycles. The summed E-state index contributed by atoms with van der Waals surface area (Å²) in [6.07, 6.45) is 0. The Hall–Kier alpha value is -0.320. The van der Waals surface area contributed by atoms with Crippen molar-refractivity contribution in [2.45, 2.75) is 13.0 Å². The first kappa shape index (κ1) is 12.4. The maximum absolute atomic E-state index is 10.5. The van der Waals surface area contributed by atoms with Crippen LogP contribution in [-0.4, -0.2) is 25.2 Å². The van der Waals surface area contributed by atoms with E-state index in [1.54, 1.807) is 6.92 Å². The van der Waals surface area contributed by atoms with Crippen molar-refractivity contribution in [1.29, 1.82) is 0 Å². The van der Waals surface area contributed by atoms with Crippen LogP contribution in [0.15, 0.2) is 0 Å². The molecule has 10 heavy (non-hydrogen) atoms. The van der Waals surface area contributed by atoms with Gasteiger partial charge in [-0.05, 0) is 6.92 Å². The second-order valence-electron chi connectivity index (χ2n) is 1.59. The lowest BCUT2D eigenvalue weighted by Crippen LogP contribution is -2.39. The standard InChI is InChI=1S/C5H12N2O2.ClH/c1-2-9-5(8)4(7)3-6;/h4H,2-3,6-7H2,1H3;1H. The molecule has 0 aliphatic heterocycles. The van der Waals surface area contributed by atoms with Gasteiger partial charge in [-0.3, -0.25) is 4.79 Å². The van der Waals surface area contributed by atoms with Crippen LogP contribution in [0, 0.1) is 0 Å². The summed E-state index contributed by atoms with van der Waals surface area (Å²) in [5, 5.41) is 0. The zero-order valence-electron chi connectivity index (χ0n) is 5.87. The molecule has 0 amide bonds. The molecule has 0 spiro atoms. The Kier molecular flexibility index (Phi) is 8.40. The van der Waals surface area contributed by atoms with Crippen molar-refractivity contribution >= 4 is 18.4 Å². The first-order chi connectivity index (χ1) is 4.22. The van der Waals surface area contributed by atoms with Crippen LogP contribution in [0.1, 0.15) is 6.92 Å². The van der Waals surface area contributed by atoms with E-state index in [0.717, 1.165) is 0 Å². The van der Waals surface area contributed by atoms with Gasteiger partial charge in [0.15, 0.2) is 0 Å². The molecular formula is C5H13ClN2O2. The third-order valence-corrected chi connectivity index (χ3v) is 0.843. The average molecular weight is 169 g/mol. The predicted molar refractivity (Wildman–Crippen MR) is 40.9 cm³/mol. The smallest absolute Gasteiger partial charge is 0.324 e. The van der Waals surface area contributed by atoms with E-state index < -0.39 is 12.0 Å². The third-order valence-electron chi connectivity index (χ3n) is 0.843. The van der Waals surface area contributed by atoms with Crippen LogP contribution in [0.4, 0.5) is 0 Å². The minimum atomic E-state index is -0.662. The van der Waals surface area contributed by atoms with E-state index in [1.165, 1.54) is 0 Å². The average Bonchev–Trinajstić information content (AvgIpc) is 1.87. The first-order valence-corrected chi connectivity index (χ1v) is 2.84. The van der Waals surface area contributed by atoms with Crippen LogP contribution in [-0.2, 0) is 9.53 Å². The highest BCUT2D eigenvalue weighted by atomic mass is 35.5. The summed E-state index contributed by atoms with van der Waals surface area (Å²) >= 11 is 0. The van der Waals surface area contributed by atoms with Crippen molar-refractivity contribution in [3.63, 3.8) is 0 Å². The number of esters is 1. The highest BCUT2D eigenvalue weighted by molar-refractivity contribution is 5.85. The Morgan fingerprint density at radius 2 is 2.20 bits per heavy atom. The number of hydrogen-bond donors (Lipinski definition) is 2. The first-order valence-electron chi connectivity index (χ1n) is 2.84. The number of carbonyl (C=O) groups is 1. The van der Waals surface area contributed by atoms with Crippen LogP contribution in [0.2, 0.25) is 0 Å². The molecule has 4 N–H and O–H groups in total. The number of hydrogen-bond acceptors (Lipinski definition) is 4. The zero-order chi connectivity index (χ0) is 7.28. The molecule has 0 aromatic carbocycles. The van der Waals surface area contributed by atoms with Gasteiger partial charge in [0.1, 0.15) is 6.04 Å². The summed E-state index contributed by atoms with van der Waals surface area (Å²) in [6, 6.07) is -0.662. The Morgan fingerprint density at radius 3 is 2.50 bits per heavy atom. The molecule has 4 nitrogen and oxygen atoms in total. The molecule has 0 rings (SSSR count). The van der Waals surface area contributed by atoms with Gasteiger partial charge in [-0.25, -0.2) is 0 Å². The summed E-state index contributed by atoms with van der Waals surface area (Å²) < 4.78 is 4.55. The van der Waals surface area contributed by atoms with Gasteiger partial charge in [0, 0.05) is 6.54 Å². The Balaban J connectivity index is 0. The van der Waals surface area contributed by atoms with Crippen LogP contribution in [0.3, 0.4) is 0 Å². The topological polar surface area (TPSA) is 78.3 Å². The lowest BCUT2D eigenvalue weighted by molar-refractivity contribution is -0.144. The minimum Gasteiger partial charge on any atom is -0.465 e. The van der Waals surface area contributed by atoms with Crippen molar-refractivity contribution in [2.24, 2.45) is 11.5 Å².